The molecule has 3 aromatic rings. The van der Waals surface area contributed by atoms with Crippen molar-refractivity contribution < 1.29 is 17.9 Å². The molecule has 0 radical (unpaired) electrons. The molecule has 4 rings (SSSR count). The Morgan fingerprint density at radius 1 is 1.09 bits per heavy atom. The lowest BCUT2D eigenvalue weighted by atomic mass is 10.0. The Morgan fingerprint density at radius 3 is 2.19 bits per heavy atom. The van der Waals surface area contributed by atoms with Crippen molar-refractivity contribution >= 4 is 22.2 Å². The van der Waals surface area contributed by atoms with Crippen LogP contribution in [0.5, 0.6) is 0 Å². The summed E-state index contributed by atoms with van der Waals surface area (Å²) in [4.78, 5) is 7.18. The van der Waals surface area contributed by atoms with Crippen LogP contribution in [0.4, 0.5) is 0 Å². The van der Waals surface area contributed by atoms with Crippen molar-refractivity contribution in [2.24, 2.45) is 0 Å². The van der Waals surface area contributed by atoms with Crippen LogP contribution in [0.3, 0.4) is 0 Å². The number of aromatic nitrogens is 1. The molecule has 0 amide bonds. The van der Waals surface area contributed by atoms with Gasteiger partial charge >= 0.3 is 0 Å². The molecule has 1 fully saturated rings. The number of sulfone groups is 1. The second kappa shape index (κ2) is 9.75. The van der Waals surface area contributed by atoms with Crippen molar-refractivity contribution in [2.75, 3.05) is 19.3 Å². The number of halogens is 1. The highest BCUT2D eigenvalue weighted by Gasteiger charge is 2.26. The van der Waals surface area contributed by atoms with Crippen molar-refractivity contribution in [3.05, 3.63) is 60.0 Å². The summed E-state index contributed by atoms with van der Waals surface area (Å²) in [5.74, 6) is 1.12. The fourth-order valence-electron chi connectivity index (χ4n) is 4.11. The van der Waals surface area contributed by atoms with Gasteiger partial charge in [-0.05, 0) is 68.6 Å². The van der Waals surface area contributed by atoms with Crippen molar-refractivity contribution in [3.8, 4) is 22.6 Å². The summed E-state index contributed by atoms with van der Waals surface area (Å²) in [7, 11) is -3.21. The van der Waals surface area contributed by atoms with Gasteiger partial charge in [0, 0.05) is 24.4 Å². The molecule has 1 unspecified atom stereocenters. The zero-order chi connectivity index (χ0) is 22.2. The summed E-state index contributed by atoms with van der Waals surface area (Å²) in [6.07, 6.45) is 2.86. The number of likely N-dealkylation sites (tertiary alicyclic amines) is 1. The van der Waals surface area contributed by atoms with E-state index < -0.39 is 15.9 Å². The molecule has 1 aliphatic heterocycles. The molecule has 0 saturated carbocycles. The van der Waals surface area contributed by atoms with Gasteiger partial charge in [-0.2, -0.15) is 0 Å². The van der Waals surface area contributed by atoms with Gasteiger partial charge < -0.3 is 9.52 Å². The minimum atomic E-state index is -3.21. The van der Waals surface area contributed by atoms with Gasteiger partial charge in [0.25, 0.3) is 0 Å². The standard InChI is InChI=1S/C24H28N2O4S.ClH/c1-16-5-4-14-26(16)15-22(27)23-17(2)30-24(25-23)20-8-6-18(7-9-20)19-10-12-21(13-11-19)31(3,28)29;/h6-13,16,22,27H,4-5,14-15H2,1-3H3;1H/t16-,22?;/m1./s1. The number of aliphatic hydroxyl groups excluding tert-OH is 1. The minimum absolute atomic E-state index is 0. The topological polar surface area (TPSA) is 83.6 Å². The van der Waals surface area contributed by atoms with Crippen LogP contribution in [-0.4, -0.2) is 48.8 Å². The monoisotopic (exact) mass is 476 g/mol. The normalized spacial score (nSPS) is 17.8. The summed E-state index contributed by atoms with van der Waals surface area (Å²) in [5, 5.41) is 10.7. The third-order valence-electron chi connectivity index (χ3n) is 5.99. The number of benzene rings is 2. The van der Waals surface area contributed by atoms with Gasteiger partial charge in [0.1, 0.15) is 17.6 Å². The lowest BCUT2D eigenvalue weighted by Gasteiger charge is -2.23. The molecule has 1 aromatic heterocycles. The molecule has 1 saturated heterocycles. The minimum Gasteiger partial charge on any atom is -0.441 e. The Morgan fingerprint density at radius 2 is 1.66 bits per heavy atom. The van der Waals surface area contributed by atoms with Gasteiger partial charge in [0.05, 0.1) is 4.90 Å². The van der Waals surface area contributed by atoms with Crippen LogP contribution < -0.4 is 0 Å². The number of hydrogen-bond donors (Lipinski definition) is 1. The number of nitrogens with zero attached hydrogens (tertiary/aromatic N) is 2. The first-order valence-electron chi connectivity index (χ1n) is 10.5. The van der Waals surface area contributed by atoms with Gasteiger partial charge in [-0.3, -0.25) is 4.90 Å². The largest absolute Gasteiger partial charge is 0.441 e. The molecular formula is C24H29ClN2O4S. The van der Waals surface area contributed by atoms with Gasteiger partial charge in [0.2, 0.25) is 5.89 Å². The maximum absolute atomic E-state index is 11.6. The summed E-state index contributed by atoms with van der Waals surface area (Å²) in [6.45, 7) is 5.60. The molecule has 0 aliphatic carbocycles. The SMILES string of the molecule is Cc1oc(-c2ccc(-c3ccc(S(C)(=O)=O)cc3)cc2)nc1C(O)CN1CCC[C@H]1C.Cl. The Kier molecular flexibility index (Phi) is 7.45. The van der Waals surface area contributed by atoms with E-state index >= 15 is 0 Å². The average Bonchev–Trinajstić information content (AvgIpc) is 3.33. The van der Waals surface area contributed by atoms with E-state index in [1.165, 1.54) is 19.1 Å². The van der Waals surface area contributed by atoms with Crippen LogP contribution in [0.2, 0.25) is 0 Å². The first-order chi connectivity index (χ1) is 14.7. The summed E-state index contributed by atoms with van der Waals surface area (Å²) in [6, 6.07) is 15.1. The van der Waals surface area contributed by atoms with Crippen LogP contribution >= 0.6 is 12.4 Å². The second-order valence-corrected chi connectivity index (χ2v) is 10.4. The molecule has 0 spiro atoms. The van der Waals surface area contributed by atoms with Gasteiger partial charge in [-0.15, -0.1) is 12.4 Å². The summed E-state index contributed by atoms with van der Waals surface area (Å²) in [5.41, 5.74) is 3.32. The zero-order valence-corrected chi connectivity index (χ0v) is 20.1. The molecule has 2 atom stereocenters. The van der Waals surface area contributed by atoms with E-state index in [0.717, 1.165) is 23.2 Å². The predicted octanol–water partition coefficient (Wildman–Crippen LogP) is 4.66. The van der Waals surface area contributed by atoms with Crippen molar-refractivity contribution in [3.63, 3.8) is 0 Å². The third-order valence-corrected chi connectivity index (χ3v) is 7.12. The van der Waals surface area contributed by atoms with Crippen LogP contribution in [0, 0.1) is 6.92 Å². The first kappa shape index (κ1) is 24.5. The summed E-state index contributed by atoms with van der Waals surface area (Å²) >= 11 is 0. The van der Waals surface area contributed by atoms with E-state index in [0.29, 0.717) is 34.8 Å². The number of aryl methyl sites for hydroxylation is 1. The van der Waals surface area contributed by atoms with E-state index in [2.05, 4.69) is 16.8 Å². The van der Waals surface area contributed by atoms with Crippen molar-refractivity contribution in [1.82, 2.24) is 9.88 Å². The molecule has 172 valence electrons. The molecule has 2 heterocycles. The predicted molar refractivity (Wildman–Crippen MR) is 128 cm³/mol. The molecule has 1 N–H and O–H groups in total. The summed E-state index contributed by atoms with van der Waals surface area (Å²) < 4.78 is 29.1. The highest BCUT2D eigenvalue weighted by atomic mass is 35.5. The highest BCUT2D eigenvalue weighted by molar-refractivity contribution is 7.90. The molecule has 6 nitrogen and oxygen atoms in total. The Hall–Kier alpha value is -2.19. The van der Waals surface area contributed by atoms with E-state index in [-0.39, 0.29) is 12.4 Å². The Bertz CT molecular complexity index is 1160. The molecule has 8 heteroatoms. The van der Waals surface area contributed by atoms with E-state index in [1.807, 2.05) is 31.2 Å². The van der Waals surface area contributed by atoms with Crippen LogP contribution in [0.15, 0.2) is 57.8 Å². The fraction of sp³-hybridized carbons (Fsp3) is 0.375. The fourth-order valence-corrected chi connectivity index (χ4v) is 4.74. The number of aliphatic hydroxyl groups is 1. The molecule has 0 bridgehead atoms. The molecule has 2 aromatic carbocycles. The van der Waals surface area contributed by atoms with E-state index in [1.54, 1.807) is 24.3 Å². The number of oxazole rings is 1. The first-order valence-corrected chi connectivity index (χ1v) is 12.4. The maximum atomic E-state index is 11.6. The number of β-amino-alcohol motifs (C(OH)–C–C–N with tert-alkyl or cyclic N) is 1. The molecular weight excluding hydrogens is 448 g/mol. The highest BCUT2D eigenvalue weighted by Crippen LogP contribution is 2.29. The second-order valence-electron chi connectivity index (χ2n) is 8.34. The zero-order valence-electron chi connectivity index (χ0n) is 18.5. The Labute approximate surface area is 195 Å². The van der Waals surface area contributed by atoms with Gasteiger partial charge in [0.15, 0.2) is 9.84 Å². The maximum Gasteiger partial charge on any atom is 0.226 e. The Balaban J connectivity index is 0.00000289. The van der Waals surface area contributed by atoms with Crippen LogP contribution in [0.1, 0.15) is 37.3 Å². The lowest BCUT2D eigenvalue weighted by Crippen LogP contribution is -2.31. The smallest absolute Gasteiger partial charge is 0.226 e. The van der Waals surface area contributed by atoms with Gasteiger partial charge in [-0.25, -0.2) is 13.4 Å². The van der Waals surface area contributed by atoms with Crippen molar-refractivity contribution in [2.45, 2.75) is 43.7 Å². The van der Waals surface area contributed by atoms with Crippen LogP contribution in [-0.2, 0) is 9.84 Å². The molecule has 32 heavy (non-hydrogen) atoms. The number of rotatable bonds is 6. The molecule has 1 aliphatic rings. The average molecular weight is 477 g/mol. The third kappa shape index (κ3) is 5.23. The van der Waals surface area contributed by atoms with E-state index in [4.69, 9.17) is 4.42 Å². The lowest BCUT2D eigenvalue weighted by molar-refractivity contribution is 0.106. The number of hydrogen-bond acceptors (Lipinski definition) is 6. The van der Waals surface area contributed by atoms with Gasteiger partial charge in [-0.1, -0.05) is 24.3 Å². The van der Waals surface area contributed by atoms with Crippen LogP contribution in [0.25, 0.3) is 22.6 Å². The van der Waals surface area contributed by atoms with Crippen molar-refractivity contribution in [1.29, 1.82) is 0 Å². The quantitative estimate of drug-likeness (QED) is 0.557. The van der Waals surface area contributed by atoms with E-state index in [9.17, 15) is 13.5 Å².